The second-order valence-electron chi connectivity index (χ2n) is 3.58. The van der Waals surface area contributed by atoms with Crippen LogP contribution >= 0.6 is 0 Å². The fourth-order valence-corrected chi connectivity index (χ4v) is 0.965. The number of nitrogens with one attached hydrogen (secondary N) is 2. The molecule has 5 heteroatoms. The zero-order valence-electron chi connectivity index (χ0n) is 9.75. The van der Waals surface area contributed by atoms with Crippen molar-refractivity contribution in [2.24, 2.45) is 0 Å². The first-order valence-corrected chi connectivity index (χ1v) is 5.25. The predicted octanol–water partition coefficient (Wildman–Crippen LogP) is -0.502. The number of amides is 1. The van der Waals surface area contributed by atoms with Gasteiger partial charge in [-0.2, -0.15) is 0 Å². The van der Waals surface area contributed by atoms with Crippen molar-refractivity contribution >= 4 is 5.91 Å². The molecule has 0 saturated heterocycles. The van der Waals surface area contributed by atoms with Crippen LogP contribution in [0.1, 0.15) is 20.3 Å². The SMILES string of the molecule is COCCNC(=O)CCNC(C)C(C)O. The summed E-state index contributed by atoms with van der Waals surface area (Å²) in [6.45, 7) is 5.25. The first kappa shape index (κ1) is 14.3. The molecule has 0 radical (unpaired) electrons. The molecule has 0 spiro atoms. The third-order valence-corrected chi connectivity index (χ3v) is 2.17. The van der Waals surface area contributed by atoms with Crippen molar-refractivity contribution in [1.29, 1.82) is 0 Å². The van der Waals surface area contributed by atoms with E-state index in [9.17, 15) is 9.90 Å². The van der Waals surface area contributed by atoms with Crippen molar-refractivity contribution in [2.45, 2.75) is 32.4 Å². The molecule has 0 aliphatic heterocycles. The minimum absolute atomic E-state index is 0.00246. The van der Waals surface area contributed by atoms with E-state index in [1.807, 2.05) is 6.92 Å². The van der Waals surface area contributed by atoms with Crippen LogP contribution in [0.25, 0.3) is 0 Å². The number of aliphatic hydroxyl groups excluding tert-OH is 1. The maximum Gasteiger partial charge on any atom is 0.221 e. The summed E-state index contributed by atoms with van der Waals surface area (Å²) < 4.78 is 4.80. The Hall–Kier alpha value is -0.650. The van der Waals surface area contributed by atoms with Gasteiger partial charge in [0.25, 0.3) is 0 Å². The minimum atomic E-state index is -0.401. The van der Waals surface area contributed by atoms with Crippen LogP contribution in [0, 0.1) is 0 Å². The maximum atomic E-state index is 11.2. The van der Waals surface area contributed by atoms with E-state index >= 15 is 0 Å². The molecule has 0 bridgehead atoms. The summed E-state index contributed by atoms with van der Waals surface area (Å²) in [5, 5.41) is 15.0. The number of aliphatic hydroxyl groups is 1. The summed E-state index contributed by atoms with van der Waals surface area (Å²) in [6.07, 6.45) is 0.0161. The number of carbonyl (C=O) groups excluding carboxylic acids is 1. The van der Waals surface area contributed by atoms with Crippen molar-refractivity contribution in [3.05, 3.63) is 0 Å². The van der Waals surface area contributed by atoms with Gasteiger partial charge >= 0.3 is 0 Å². The molecule has 3 N–H and O–H groups in total. The average molecular weight is 218 g/mol. The lowest BCUT2D eigenvalue weighted by Crippen LogP contribution is -2.38. The van der Waals surface area contributed by atoms with E-state index in [1.165, 1.54) is 0 Å². The third-order valence-electron chi connectivity index (χ3n) is 2.17. The second-order valence-corrected chi connectivity index (χ2v) is 3.58. The third kappa shape index (κ3) is 8.35. The largest absolute Gasteiger partial charge is 0.392 e. The molecule has 2 atom stereocenters. The molecule has 0 rings (SSSR count). The van der Waals surface area contributed by atoms with Gasteiger partial charge in [0.15, 0.2) is 0 Å². The Morgan fingerprint density at radius 3 is 2.60 bits per heavy atom. The van der Waals surface area contributed by atoms with Crippen LogP contribution in [0.5, 0.6) is 0 Å². The van der Waals surface area contributed by atoms with E-state index in [0.29, 0.717) is 26.1 Å². The van der Waals surface area contributed by atoms with Crippen molar-refractivity contribution in [1.82, 2.24) is 10.6 Å². The molecule has 1 amide bonds. The fourth-order valence-electron chi connectivity index (χ4n) is 0.965. The van der Waals surface area contributed by atoms with Gasteiger partial charge in [0.1, 0.15) is 0 Å². The van der Waals surface area contributed by atoms with Gasteiger partial charge in [-0.3, -0.25) is 4.79 Å². The summed E-state index contributed by atoms with van der Waals surface area (Å²) in [5.74, 6) is -0.00246. The molecule has 0 aromatic rings. The molecule has 0 aliphatic rings. The zero-order valence-corrected chi connectivity index (χ0v) is 9.75. The van der Waals surface area contributed by atoms with Crippen LogP contribution in [0.4, 0.5) is 0 Å². The van der Waals surface area contributed by atoms with Gasteiger partial charge in [-0.05, 0) is 13.8 Å². The zero-order chi connectivity index (χ0) is 11.7. The molecule has 0 aliphatic carbocycles. The quantitative estimate of drug-likeness (QED) is 0.480. The smallest absolute Gasteiger partial charge is 0.221 e. The molecule has 90 valence electrons. The molecule has 0 aromatic carbocycles. The van der Waals surface area contributed by atoms with Gasteiger partial charge in [0.05, 0.1) is 12.7 Å². The van der Waals surface area contributed by atoms with Crippen molar-refractivity contribution in [3.63, 3.8) is 0 Å². The van der Waals surface area contributed by atoms with Crippen molar-refractivity contribution < 1.29 is 14.6 Å². The van der Waals surface area contributed by atoms with Gasteiger partial charge < -0.3 is 20.5 Å². The Bertz CT molecular complexity index is 174. The molecule has 0 saturated carbocycles. The summed E-state index contributed by atoms with van der Waals surface area (Å²) in [6, 6.07) is 0.0109. The Balaban J connectivity index is 3.38. The highest BCUT2D eigenvalue weighted by Gasteiger charge is 2.08. The van der Waals surface area contributed by atoms with Crippen LogP contribution in [-0.2, 0) is 9.53 Å². The van der Waals surface area contributed by atoms with Crippen molar-refractivity contribution in [2.75, 3.05) is 26.8 Å². The first-order valence-electron chi connectivity index (χ1n) is 5.25. The van der Waals surface area contributed by atoms with Crippen LogP contribution in [0.2, 0.25) is 0 Å². The van der Waals surface area contributed by atoms with Gasteiger partial charge in [-0.15, -0.1) is 0 Å². The molecular formula is C10H22N2O3. The van der Waals surface area contributed by atoms with E-state index in [1.54, 1.807) is 14.0 Å². The molecule has 0 fully saturated rings. The topological polar surface area (TPSA) is 70.6 Å². The van der Waals surface area contributed by atoms with Gasteiger partial charge in [-0.1, -0.05) is 0 Å². The van der Waals surface area contributed by atoms with Crippen molar-refractivity contribution in [3.8, 4) is 0 Å². The molecular weight excluding hydrogens is 196 g/mol. The molecule has 15 heavy (non-hydrogen) atoms. The van der Waals surface area contributed by atoms with E-state index in [4.69, 9.17) is 4.74 Å². The van der Waals surface area contributed by atoms with Gasteiger partial charge in [0.2, 0.25) is 5.91 Å². The number of hydrogen-bond acceptors (Lipinski definition) is 4. The van der Waals surface area contributed by atoms with E-state index < -0.39 is 6.10 Å². The lowest BCUT2D eigenvalue weighted by molar-refractivity contribution is -0.121. The highest BCUT2D eigenvalue weighted by Crippen LogP contribution is 1.90. The van der Waals surface area contributed by atoms with Crippen LogP contribution in [0.15, 0.2) is 0 Å². The van der Waals surface area contributed by atoms with Crippen LogP contribution in [0.3, 0.4) is 0 Å². The van der Waals surface area contributed by atoms with Crippen LogP contribution in [-0.4, -0.2) is 50.0 Å². The van der Waals surface area contributed by atoms with Crippen LogP contribution < -0.4 is 10.6 Å². The highest BCUT2D eigenvalue weighted by molar-refractivity contribution is 5.76. The lowest BCUT2D eigenvalue weighted by atomic mass is 10.2. The number of hydrogen-bond donors (Lipinski definition) is 3. The first-order chi connectivity index (χ1) is 7.07. The van der Waals surface area contributed by atoms with E-state index in [-0.39, 0.29) is 11.9 Å². The molecule has 5 nitrogen and oxygen atoms in total. The van der Waals surface area contributed by atoms with Gasteiger partial charge in [-0.25, -0.2) is 0 Å². The molecule has 0 heterocycles. The standard InChI is InChI=1S/C10H22N2O3/c1-8(9(2)13)11-5-4-10(14)12-6-7-15-3/h8-9,11,13H,4-7H2,1-3H3,(H,12,14). The number of carbonyl (C=O) groups is 1. The summed E-state index contributed by atoms with van der Waals surface area (Å²) in [7, 11) is 1.60. The molecule has 2 unspecified atom stereocenters. The normalized spacial score (nSPS) is 14.7. The Morgan fingerprint density at radius 2 is 2.07 bits per heavy atom. The summed E-state index contributed by atoms with van der Waals surface area (Å²) >= 11 is 0. The monoisotopic (exact) mass is 218 g/mol. The average Bonchev–Trinajstić information content (AvgIpc) is 2.18. The predicted molar refractivity (Wildman–Crippen MR) is 58.6 cm³/mol. The molecule has 0 aromatic heterocycles. The fraction of sp³-hybridized carbons (Fsp3) is 0.900. The Morgan fingerprint density at radius 1 is 1.40 bits per heavy atom. The lowest BCUT2D eigenvalue weighted by Gasteiger charge is -2.16. The van der Waals surface area contributed by atoms with E-state index in [2.05, 4.69) is 10.6 Å². The number of rotatable bonds is 8. The number of methoxy groups -OCH3 is 1. The maximum absolute atomic E-state index is 11.2. The Kier molecular flexibility index (Phi) is 8.27. The highest BCUT2D eigenvalue weighted by atomic mass is 16.5. The minimum Gasteiger partial charge on any atom is -0.392 e. The second kappa shape index (κ2) is 8.64. The Labute approximate surface area is 91.2 Å². The number of ether oxygens (including phenoxy) is 1. The summed E-state index contributed by atoms with van der Waals surface area (Å²) in [4.78, 5) is 11.2. The van der Waals surface area contributed by atoms with Gasteiger partial charge in [0, 0.05) is 32.7 Å². The summed E-state index contributed by atoms with van der Waals surface area (Å²) in [5.41, 5.74) is 0. The van der Waals surface area contributed by atoms with E-state index in [0.717, 1.165) is 0 Å².